The number of amides is 1. The first-order valence-corrected chi connectivity index (χ1v) is 10.3. The maximum absolute atomic E-state index is 13.2. The molecule has 1 aromatic carbocycles. The van der Waals surface area contributed by atoms with Crippen molar-refractivity contribution in [3.8, 4) is 0 Å². The fourth-order valence-electron chi connectivity index (χ4n) is 3.06. The number of piperazine rings is 1. The van der Waals surface area contributed by atoms with Crippen LogP contribution in [0, 0.1) is 0 Å². The van der Waals surface area contributed by atoms with Crippen molar-refractivity contribution in [2.75, 3.05) is 26.7 Å². The quantitative estimate of drug-likeness (QED) is 0.834. The molecule has 6 nitrogen and oxygen atoms in total. The van der Waals surface area contributed by atoms with E-state index in [0.717, 1.165) is 12.8 Å². The third kappa shape index (κ3) is 4.22. The van der Waals surface area contributed by atoms with E-state index in [2.05, 4.69) is 12.2 Å². The summed E-state index contributed by atoms with van der Waals surface area (Å²) in [6, 6.07) is 6.43. The highest BCUT2D eigenvalue weighted by molar-refractivity contribution is 7.89. The molecule has 1 N–H and O–H groups in total. The molecule has 1 aromatic rings. The number of rotatable bonds is 6. The van der Waals surface area contributed by atoms with Gasteiger partial charge in [0.05, 0.1) is 10.5 Å². The minimum atomic E-state index is -3.73. The fourth-order valence-corrected chi connectivity index (χ4v) is 4.95. The van der Waals surface area contributed by atoms with E-state index in [-0.39, 0.29) is 28.4 Å². The van der Waals surface area contributed by atoms with E-state index in [1.54, 1.807) is 30.1 Å². The number of nitrogens with one attached hydrogen (secondary N) is 1. The molecule has 2 rings (SSSR count). The Bertz CT molecular complexity index is 705. The minimum absolute atomic E-state index is 0.0682. The molecule has 1 aliphatic rings. The van der Waals surface area contributed by atoms with Crippen LogP contribution in [0.4, 0.5) is 0 Å². The Labute approximate surface area is 151 Å². The third-order valence-corrected chi connectivity index (χ3v) is 6.92. The number of hydrogen-bond acceptors (Lipinski definition) is 4. The van der Waals surface area contributed by atoms with Gasteiger partial charge in [-0.1, -0.05) is 25.5 Å². The molecule has 7 heteroatoms. The second kappa shape index (κ2) is 8.29. The molecule has 1 heterocycles. The summed E-state index contributed by atoms with van der Waals surface area (Å²) in [5.41, 5.74) is 0.250. The molecule has 0 aromatic heterocycles. The zero-order valence-corrected chi connectivity index (χ0v) is 16.3. The van der Waals surface area contributed by atoms with E-state index in [1.807, 2.05) is 13.8 Å². The number of carbonyl (C=O) groups excluding carboxylic acids is 1. The Hall–Kier alpha value is -1.44. The molecule has 2 atom stereocenters. The van der Waals surface area contributed by atoms with Crippen molar-refractivity contribution in [1.29, 1.82) is 0 Å². The molecule has 2 unspecified atom stereocenters. The van der Waals surface area contributed by atoms with E-state index >= 15 is 0 Å². The van der Waals surface area contributed by atoms with Crippen LogP contribution in [0.1, 0.15) is 44.0 Å². The molecule has 25 heavy (non-hydrogen) atoms. The Balaban J connectivity index is 2.37. The van der Waals surface area contributed by atoms with Crippen LogP contribution in [0.3, 0.4) is 0 Å². The molecule has 1 amide bonds. The summed E-state index contributed by atoms with van der Waals surface area (Å²) in [5, 5.41) is 3.28. The van der Waals surface area contributed by atoms with Crippen molar-refractivity contribution < 1.29 is 13.2 Å². The molecule has 1 fully saturated rings. The number of benzene rings is 1. The van der Waals surface area contributed by atoms with Gasteiger partial charge in [0.15, 0.2) is 0 Å². The molecule has 0 aliphatic carbocycles. The predicted octanol–water partition coefficient (Wildman–Crippen LogP) is 1.93. The zero-order valence-electron chi connectivity index (χ0n) is 15.5. The molecule has 0 saturated carbocycles. The summed E-state index contributed by atoms with van der Waals surface area (Å²) < 4.78 is 28.0. The van der Waals surface area contributed by atoms with Gasteiger partial charge in [0.1, 0.15) is 0 Å². The first-order valence-electron chi connectivity index (χ1n) is 8.90. The van der Waals surface area contributed by atoms with Crippen LogP contribution < -0.4 is 5.32 Å². The van der Waals surface area contributed by atoms with E-state index in [4.69, 9.17) is 0 Å². The van der Waals surface area contributed by atoms with Gasteiger partial charge in [-0.15, -0.1) is 0 Å². The number of nitrogens with zero attached hydrogens (tertiary/aromatic N) is 2. The largest absolute Gasteiger partial charge is 0.342 e. The lowest BCUT2D eigenvalue weighted by atomic mass is 10.1. The van der Waals surface area contributed by atoms with Crippen molar-refractivity contribution in [1.82, 2.24) is 14.5 Å². The monoisotopic (exact) mass is 367 g/mol. The second-order valence-corrected chi connectivity index (χ2v) is 8.53. The second-order valence-electron chi connectivity index (χ2n) is 6.68. The Morgan fingerprint density at radius 3 is 2.68 bits per heavy atom. The Morgan fingerprint density at radius 2 is 2.00 bits per heavy atom. The fraction of sp³-hybridized carbons (Fsp3) is 0.611. The van der Waals surface area contributed by atoms with Crippen molar-refractivity contribution in [3.05, 3.63) is 29.8 Å². The van der Waals surface area contributed by atoms with Crippen molar-refractivity contribution in [3.63, 3.8) is 0 Å². The molecular formula is C18H29N3O3S. The van der Waals surface area contributed by atoms with E-state index in [9.17, 15) is 13.2 Å². The lowest BCUT2D eigenvalue weighted by Gasteiger charge is -2.37. The highest BCUT2D eigenvalue weighted by Gasteiger charge is 2.36. The van der Waals surface area contributed by atoms with Crippen LogP contribution in [-0.4, -0.2) is 62.3 Å². The van der Waals surface area contributed by atoms with Gasteiger partial charge >= 0.3 is 0 Å². The molecule has 0 radical (unpaired) electrons. The van der Waals surface area contributed by atoms with E-state index < -0.39 is 10.0 Å². The molecule has 0 bridgehead atoms. The minimum Gasteiger partial charge on any atom is -0.342 e. The van der Waals surface area contributed by atoms with Gasteiger partial charge in [0.2, 0.25) is 10.0 Å². The van der Waals surface area contributed by atoms with Gasteiger partial charge in [-0.05, 0) is 32.4 Å². The van der Waals surface area contributed by atoms with Gasteiger partial charge in [-0.3, -0.25) is 4.79 Å². The lowest BCUT2D eigenvalue weighted by molar-refractivity contribution is 0.0789. The first kappa shape index (κ1) is 19.9. The standard InChI is InChI=1S/C18H29N3O3S/c1-5-6-12-20(4)18(22)16-9-7-8-10-17(16)25(23,24)21-13-11-19-14(2)15(21)3/h7-10,14-15,19H,5-6,11-13H2,1-4H3. The summed E-state index contributed by atoms with van der Waals surface area (Å²) in [5.74, 6) is -0.247. The average molecular weight is 368 g/mol. The number of hydrogen-bond donors (Lipinski definition) is 1. The number of carbonyl (C=O) groups is 1. The third-order valence-electron chi connectivity index (χ3n) is 4.87. The summed E-state index contributed by atoms with van der Waals surface area (Å²) >= 11 is 0. The van der Waals surface area contributed by atoms with Gasteiger partial charge in [0.25, 0.3) is 5.91 Å². The summed E-state index contributed by atoms with van der Waals surface area (Å²) in [6.07, 6.45) is 1.87. The van der Waals surface area contributed by atoms with Crippen LogP contribution in [0.5, 0.6) is 0 Å². The van der Waals surface area contributed by atoms with Gasteiger partial charge in [-0.2, -0.15) is 4.31 Å². The van der Waals surface area contributed by atoms with Crippen LogP contribution >= 0.6 is 0 Å². The normalized spacial score (nSPS) is 21.9. The van der Waals surface area contributed by atoms with E-state index in [1.165, 1.54) is 10.4 Å². The average Bonchev–Trinajstić information content (AvgIpc) is 2.61. The summed E-state index contributed by atoms with van der Waals surface area (Å²) in [4.78, 5) is 14.5. The molecule has 0 spiro atoms. The zero-order chi connectivity index (χ0) is 18.6. The smallest absolute Gasteiger partial charge is 0.254 e. The van der Waals surface area contributed by atoms with Gasteiger partial charge in [0, 0.05) is 38.8 Å². The number of sulfonamides is 1. The van der Waals surface area contributed by atoms with E-state index in [0.29, 0.717) is 19.6 Å². The van der Waals surface area contributed by atoms with Crippen molar-refractivity contribution >= 4 is 15.9 Å². The van der Waals surface area contributed by atoms with Crippen LogP contribution in [0.2, 0.25) is 0 Å². The first-order chi connectivity index (χ1) is 11.8. The van der Waals surface area contributed by atoms with Crippen molar-refractivity contribution in [2.45, 2.75) is 50.6 Å². The Kier molecular flexibility index (Phi) is 6.59. The Morgan fingerprint density at radius 1 is 1.32 bits per heavy atom. The molecule has 1 aliphatic heterocycles. The SMILES string of the molecule is CCCCN(C)C(=O)c1ccccc1S(=O)(=O)N1CCNC(C)C1C. The van der Waals surface area contributed by atoms with Gasteiger partial charge in [-0.25, -0.2) is 8.42 Å². The summed E-state index contributed by atoms with van der Waals surface area (Å²) in [7, 11) is -2.01. The molecular weight excluding hydrogens is 338 g/mol. The lowest BCUT2D eigenvalue weighted by Crippen LogP contribution is -2.57. The van der Waals surface area contributed by atoms with Gasteiger partial charge < -0.3 is 10.2 Å². The maximum Gasteiger partial charge on any atom is 0.254 e. The van der Waals surface area contributed by atoms with Crippen LogP contribution in [0.25, 0.3) is 0 Å². The highest BCUT2D eigenvalue weighted by Crippen LogP contribution is 2.25. The van der Waals surface area contributed by atoms with Crippen LogP contribution in [0.15, 0.2) is 29.2 Å². The van der Waals surface area contributed by atoms with Crippen LogP contribution in [-0.2, 0) is 10.0 Å². The molecule has 140 valence electrons. The maximum atomic E-state index is 13.2. The highest BCUT2D eigenvalue weighted by atomic mass is 32.2. The summed E-state index contributed by atoms with van der Waals surface area (Å²) in [6.45, 7) is 7.56. The topological polar surface area (TPSA) is 69.7 Å². The van der Waals surface area contributed by atoms with Crippen molar-refractivity contribution in [2.24, 2.45) is 0 Å². The molecule has 1 saturated heterocycles. The number of unbranched alkanes of at least 4 members (excludes halogenated alkanes) is 1. The predicted molar refractivity (Wildman–Crippen MR) is 99.1 cm³/mol.